The summed E-state index contributed by atoms with van der Waals surface area (Å²) in [7, 11) is 0. The van der Waals surface area contributed by atoms with Crippen molar-refractivity contribution in [2.45, 2.75) is 51.4 Å². The van der Waals surface area contributed by atoms with E-state index >= 15 is 4.39 Å². The van der Waals surface area contributed by atoms with Crippen LogP contribution in [0.1, 0.15) is 40.7 Å². The summed E-state index contributed by atoms with van der Waals surface area (Å²) >= 11 is 0. The number of nitrogens with one attached hydrogen (secondary N) is 1. The van der Waals surface area contributed by atoms with Gasteiger partial charge in [0.25, 0.3) is 5.91 Å². The number of fused-ring (bicyclic) bond motifs is 1. The number of aliphatic hydroxyl groups is 1. The second-order valence-electron chi connectivity index (χ2n) is 9.99. The Hall–Kier alpha value is -3.87. The van der Waals surface area contributed by atoms with Crippen LogP contribution in [-0.2, 0) is 4.79 Å². The van der Waals surface area contributed by atoms with Crippen LogP contribution in [0.4, 0.5) is 27.8 Å². The molecule has 3 aromatic rings. The lowest BCUT2D eigenvalue weighted by Crippen LogP contribution is -2.48. The molecule has 2 atom stereocenters. The van der Waals surface area contributed by atoms with E-state index in [1.165, 1.54) is 30.5 Å². The predicted molar refractivity (Wildman–Crippen MR) is 130 cm³/mol. The number of aliphatic hydroxyl groups excluding tert-OH is 1. The molecule has 2 N–H and O–H groups in total. The van der Waals surface area contributed by atoms with Gasteiger partial charge in [-0.2, -0.15) is 13.2 Å². The first-order valence-corrected chi connectivity index (χ1v) is 12.1. The maximum atomic E-state index is 15.2. The van der Waals surface area contributed by atoms with Crippen molar-refractivity contribution in [3.63, 3.8) is 0 Å². The number of alkyl halides is 3. The van der Waals surface area contributed by atoms with Crippen molar-refractivity contribution >= 4 is 28.7 Å². The van der Waals surface area contributed by atoms with Crippen molar-refractivity contribution in [2.75, 3.05) is 11.4 Å². The maximum absolute atomic E-state index is 15.2. The van der Waals surface area contributed by atoms with E-state index in [-0.39, 0.29) is 37.1 Å². The SMILES string of the molecule is Cc1cc(F)cc(C)c1-n1cc(C(=O)NC(C2CC2)C(F)(F)F)c(=O)c2cc(F)c(N3C[C@@H](O)CC3=O)nc21. The molecule has 1 aliphatic heterocycles. The predicted octanol–water partition coefficient (Wildman–Crippen LogP) is 3.45. The van der Waals surface area contributed by atoms with Crippen LogP contribution in [0.5, 0.6) is 0 Å². The number of halogens is 5. The van der Waals surface area contributed by atoms with Gasteiger partial charge in [-0.15, -0.1) is 0 Å². The second-order valence-corrected chi connectivity index (χ2v) is 9.99. The lowest BCUT2D eigenvalue weighted by Gasteiger charge is -2.23. The second kappa shape index (κ2) is 9.40. The Morgan fingerprint density at radius 1 is 1.13 bits per heavy atom. The van der Waals surface area contributed by atoms with Crippen LogP contribution in [0.15, 0.2) is 29.2 Å². The third kappa shape index (κ3) is 4.86. The van der Waals surface area contributed by atoms with Crippen LogP contribution in [0.2, 0.25) is 0 Å². The molecular weight excluding hydrogens is 527 g/mol. The first kappa shape index (κ1) is 26.7. The number of rotatable bonds is 5. The van der Waals surface area contributed by atoms with E-state index in [0.29, 0.717) is 11.1 Å². The molecule has 3 heterocycles. The van der Waals surface area contributed by atoms with Crippen molar-refractivity contribution < 1.29 is 36.6 Å². The molecule has 1 aliphatic carbocycles. The van der Waals surface area contributed by atoms with Crippen LogP contribution < -0.4 is 15.6 Å². The number of anilines is 1. The van der Waals surface area contributed by atoms with Crippen LogP contribution in [-0.4, -0.2) is 51.3 Å². The van der Waals surface area contributed by atoms with E-state index in [1.54, 1.807) is 0 Å². The summed E-state index contributed by atoms with van der Waals surface area (Å²) in [5, 5.41) is 11.3. The Bertz CT molecular complexity index is 1560. The number of nitrogens with zero attached hydrogens (tertiary/aromatic N) is 3. The Kier molecular flexibility index (Phi) is 6.44. The molecule has 1 aromatic carbocycles. The zero-order valence-corrected chi connectivity index (χ0v) is 20.8. The van der Waals surface area contributed by atoms with Gasteiger partial charge in [-0.05, 0) is 61.9 Å². The first-order chi connectivity index (χ1) is 18.3. The van der Waals surface area contributed by atoms with Crippen LogP contribution >= 0.6 is 0 Å². The standard InChI is InChI=1S/C26H23F5N4O4/c1-11-5-14(27)6-12(2)20(11)35-10-17(25(39)32-22(13-3-4-13)26(29,30)31)21(38)16-8-18(28)24(33-23(16)35)34-9-15(36)7-19(34)37/h5-6,8,10,13,15,22,36H,3-4,7,9H2,1-2H3,(H,32,39)/t15-,22?/m0/s1. The smallest absolute Gasteiger partial charge is 0.391 e. The fourth-order valence-corrected chi connectivity index (χ4v) is 5.03. The summed E-state index contributed by atoms with van der Waals surface area (Å²) in [5.41, 5.74) is -1.07. The van der Waals surface area contributed by atoms with Gasteiger partial charge in [0, 0.05) is 6.20 Å². The number of β-amino-alcohol motifs (C(OH)–C–C–N with tert-alkyl or cyclic N) is 1. The molecule has 0 spiro atoms. The molecule has 2 amide bonds. The Morgan fingerprint density at radius 2 is 1.77 bits per heavy atom. The van der Waals surface area contributed by atoms with Crippen molar-refractivity contribution in [1.29, 1.82) is 0 Å². The number of hydrogen-bond acceptors (Lipinski definition) is 5. The number of benzene rings is 1. The topological polar surface area (TPSA) is 105 Å². The summed E-state index contributed by atoms with van der Waals surface area (Å²) in [6.45, 7) is 2.83. The van der Waals surface area contributed by atoms with E-state index < -0.39 is 69.9 Å². The molecule has 1 unspecified atom stereocenters. The van der Waals surface area contributed by atoms with Crippen LogP contribution in [0.25, 0.3) is 16.7 Å². The summed E-state index contributed by atoms with van der Waals surface area (Å²) in [6.07, 6.45) is -4.54. The first-order valence-electron chi connectivity index (χ1n) is 12.1. The molecule has 8 nitrogen and oxygen atoms in total. The van der Waals surface area contributed by atoms with Crippen molar-refractivity contribution in [3.8, 4) is 5.69 Å². The van der Waals surface area contributed by atoms with Gasteiger partial charge in [-0.1, -0.05) is 0 Å². The fourth-order valence-electron chi connectivity index (χ4n) is 5.03. The largest absolute Gasteiger partial charge is 0.408 e. The summed E-state index contributed by atoms with van der Waals surface area (Å²) in [5.74, 6) is -4.88. The van der Waals surface area contributed by atoms with Gasteiger partial charge in [0.15, 0.2) is 17.3 Å². The third-order valence-electron chi connectivity index (χ3n) is 6.95. The number of pyridine rings is 2. The van der Waals surface area contributed by atoms with Gasteiger partial charge in [-0.25, -0.2) is 13.8 Å². The molecule has 1 saturated heterocycles. The van der Waals surface area contributed by atoms with E-state index in [0.717, 1.165) is 17.2 Å². The average Bonchev–Trinajstić information content (AvgIpc) is 3.60. The average molecular weight is 550 g/mol. The Labute approximate surface area is 218 Å². The molecule has 39 heavy (non-hydrogen) atoms. The quantitative estimate of drug-likeness (QED) is 0.474. The number of carbonyl (C=O) groups excluding carboxylic acids is 2. The normalized spacial score (nSPS) is 18.6. The highest BCUT2D eigenvalue weighted by molar-refractivity contribution is 5.99. The molecule has 2 fully saturated rings. The number of amides is 2. The van der Waals surface area contributed by atoms with Crippen molar-refractivity contribution in [2.24, 2.45) is 5.92 Å². The zero-order chi connectivity index (χ0) is 28.4. The summed E-state index contributed by atoms with van der Waals surface area (Å²) in [6, 6.07) is 0.932. The zero-order valence-electron chi connectivity index (χ0n) is 20.8. The molecule has 13 heteroatoms. The molecule has 5 rings (SSSR count). The van der Waals surface area contributed by atoms with Gasteiger partial charge in [-0.3, -0.25) is 23.9 Å². The fraction of sp³-hybridized carbons (Fsp3) is 0.385. The van der Waals surface area contributed by atoms with Crippen LogP contribution in [0, 0.1) is 31.4 Å². The number of aryl methyl sites for hydroxylation is 2. The monoisotopic (exact) mass is 550 g/mol. The van der Waals surface area contributed by atoms with Crippen LogP contribution in [0.3, 0.4) is 0 Å². The van der Waals surface area contributed by atoms with Gasteiger partial charge < -0.3 is 10.4 Å². The molecule has 1 saturated carbocycles. The summed E-state index contributed by atoms with van der Waals surface area (Å²) in [4.78, 5) is 43.9. The van der Waals surface area contributed by atoms with Crippen molar-refractivity contribution in [3.05, 3.63) is 62.9 Å². The highest BCUT2D eigenvalue weighted by atomic mass is 19.4. The van der Waals surface area contributed by atoms with Gasteiger partial charge >= 0.3 is 6.18 Å². The minimum Gasteiger partial charge on any atom is -0.391 e. The Morgan fingerprint density at radius 3 is 2.31 bits per heavy atom. The molecule has 206 valence electrons. The molecule has 2 aliphatic rings. The Balaban J connectivity index is 1.74. The molecule has 0 radical (unpaired) electrons. The van der Waals surface area contributed by atoms with Gasteiger partial charge in [0.1, 0.15) is 17.4 Å². The van der Waals surface area contributed by atoms with Crippen molar-refractivity contribution in [1.82, 2.24) is 14.9 Å². The summed E-state index contributed by atoms with van der Waals surface area (Å²) < 4.78 is 71.3. The van der Waals surface area contributed by atoms with Gasteiger partial charge in [0.05, 0.1) is 30.1 Å². The number of aromatic nitrogens is 2. The van der Waals surface area contributed by atoms with E-state index in [4.69, 9.17) is 0 Å². The number of hydrogen-bond donors (Lipinski definition) is 2. The lowest BCUT2D eigenvalue weighted by molar-refractivity contribution is -0.158. The molecule has 2 aromatic heterocycles. The minimum absolute atomic E-state index is 0.213. The minimum atomic E-state index is -4.74. The highest BCUT2D eigenvalue weighted by Crippen LogP contribution is 2.40. The molecular formula is C26H23F5N4O4. The lowest BCUT2D eigenvalue weighted by atomic mass is 10.1. The third-order valence-corrected chi connectivity index (χ3v) is 6.95. The number of carbonyl (C=O) groups is 2. The van der Waals surface area contributed by atoms with E-state index in [9.17, 15) is 37.1 Å². The van der Waals surface area contributed by atoms with Gasteiger partial charge in [0.2, 0.25) is 11.3 Å². The molecule has 0 bridgehead atoms. The highest BCUT2D eigenvalue weighted by Gasteiger charge is 2.50. The maximum Gasteiger partial charge on any atom is 0.408 e. The van der Waals surface area contributed by atoms with E-state index in [2.05, 4.69) is 4.98 Å². The van der Waals surface area contributed by atoms with E-state index in [1.807, 2.05) is 5.32 Å².